The number of sulfonamides is 1. The van der Waals surface area contributed by atoms with Gasteiger partial charge in [0.15, 0.2) is 0 Å². The summed E-state index contributed by atoms with van der Waals surface area (Å²) in [6.07, 6.45) is 0. The van der Waals surface area contributed by atoms with E-state index in [2.05, 4.69) is 9.62 Å². The first kappa shape index (κ1) is 17.4. The summed E-state index contributed by atoms with van der Waals surface area (Å²) in [4.78, 5) is 2.24. The number of likely N-dealkylation sites (N-methyl/N-ethyl adjacent to an activating group) is 1. The molecule has 0 unspecified atom stereocenters. The van der Waals surface area contributed by atoms with Crippen molar-refractivity contribution in [3.8, 4) is 0 Å². The molecule has 0 bridgehead atoms. The van der Waals surface area contributed by atoms with Gasteiger partial charge in [0, 0.05) is 18.1 Å². The monoisotopic (exact) mass is 320 g/mol. The van der Waals surface area contributed by atoms with Gasteiger partial charge in [0.1, 0.15) is 0 Å². The molecule has 0 saturated heterocycles. The van der Waals surface area contributed by atoms with E-state index in [0.29, 0.717) is 23.7 Å². The maximum Gasteiger partial charge on any atom is 0.240 e. The summed E-state index contributed by atoms with van der Waals surface area (Å²) in [5, 5.41) is 9.47. The van der Waals surface area contributed by atoms with Crippen molar-refractivity contribution in [1.82, 2.24) is 9.62 Å². The Morgan fingerprint density at radius 2 is 1.95 bits per heavy atom. The van der Waals surface area contributed by atoms with E-state index >= 15 is 0 Å². The van der Waals surface area contributed by atoms with Gasteiger partial charge in [-0.3, -0.25) is 0 Å². The highest BCUT2D eigenvalue weighted by Gasteiger charge is 2.15. The van der Waals surface area contributed by atoms with Crippen LogP contribution >= 0.6 is 11.6 Å². The molecule has 0 amide bonds. The van der Waals surface area contributed by atoms with Crippen LogP contribution < -0.4 is 4.72 Å². The highest BCUT2D eigenvalue weighted by Crippen LogP contribution is 2.20. The van der Waals surface area contributed by atoms with Crippen LogP contribution in [0.1, 0.15) is 19.4 Å². The average Bonchev–Trinajstić information content (AvgIpc) is 2.44. The number of aliphatic hydroxyl groups excluding tert-OH is 1. The highest BCUT2D eigenvalue weighted by molar-refractivity contribution is 7.89. The number of nitrogens with one attached hydrogen (secondary N) is 1. The van der Waals surface area contributed by atoms with E-state index < -0.39 is 10.0 Å². The molecule has 5 nitrogen and oxygen atoms in total. The predicted molar refractivity (Wildman–Crippen MR) is 80.4 cm³/mol. The van der Waals surface area contributed by atoms with Gasteiger partial charge in [0.2, 0.25) is 10.0 Å². The minimum absolute atomic E-state index is 0.116. The zero-order chi connectivity index (χ0) is 15.2. The van der Waals surface area contributed by atoms with E-state index in [0.717, 1.165) is 13.1 Å². The van der Waals surface area contributed by atoms with Crippen LogP contribution in [0.2, 0.25) is 5.02 Å². The molecule has 0 aliphatic rings. The lowest BCUT2D eigenvalue weighted by Gasteiger charge is -2.18. The van der Waals surface area contributed by atoms with Gasteiger partial charge in [-0.15, -0.1) is 0 Å². The van der Waals surface area contributed by atoms with Crippen LogP contribution in [0.25, 0.3) is 0 Å². The first-order valence-electron chi connectivity index (χ1n) is 6.55. The third-order valence-electron chi connectivity index (χ3n) is 3.11. The summed E-state index contributed by atoms with van der Waals surface area (Å²) < 4.78 is 26.8. The van der Waals surface area contributed by atoms with Crippen molar-refractivity contribution in [1.29, 1.82) is 0 Å². The van der Waals surface area contributed by atoms with Crippen molar-refractivity contribution in [3.05, 3.63) is 28.8 Å². The van der Waals surface area contributed by atoms with Crippen molar-refractivity contribution in [2.24, 2.45) is 0 Å². The smallest absolute Gasteiger partial charge is 0.240 e. The molecule has 20 heavy (non-hydrogen) atoms. The number of aliphatic hydroxyl groups is 1. The van der Waals surface area contributed by atoms with Crippen LogP contribution in [-0.4, -0.2) is 44.6 Å². The van der Waals surface area contributed by atoms with Gasteiger partial charge in [-0.25, -0.2) is 13.1 Å². The molecule has 0 aromatic heterocycles. The Hall–Kier alpha value is -0.660. The Kier molecular flexibility index (Phi) is 6.91. The molecular formula is C13H21ClN2O3S. The number of nitrogens with zero attached hydrogens (tertiary/aromatic N) is 1. The fourth-order valence-electron chi connectivity index (χ4n) is 1.80. The van der Waals surface area contributed by atoms with Gasteiger partial charge in [-0.1, -0.05) is 25.4 Å². The SMILES string of the molecule is CCN(CC)CCNS(=O)(=O)c1ccc(Cl)c(CO)c1. The standard InChI is InChI=1S/C13H21ClN2O3S/c1-3-16(4-2)8-7-15-20(18,19)12-5-6-13(14)11(9-12)10-17/h5-6,9,15,17H,3-4,7-8,10H2,1-2H3. The highest BCUT2D eigenvalue weighted by atomic mass is 35.5. The third kappa shape index (κ3) is 4.71. The van der Waals surface area contributed by atoms with Crippen LogP contribution in [-0.2, 0) is 16.6 Å². The predicted octanol–water partition coefficient (Wildman–Crippen LogP) is 1.45. The molecule has 0 aliphatic carbocycles. The number of halogens is 1. The fourth-order valence-corrected chi connectivity index (χ4v) is 3.05. The zero-order valence-corrected chi connectivity index (χ0v) is 13.3. The topological polar surface area (TPSA) is 69.6 Å². The van der Waals surface area contributed by atoms with Crippen molar-refractivity contribution < 1.29 is 13.5 Å². The van der Waals surface area contributed by atoms with E-state index in [9.17, 15) is 8.42 Å². The quantitative estimate of drug-likeness (QED) is 0.760. The van der Waals surface area contributed by atoms with Gasteiger partial charge >= 0.3 is 0 Å². The van der Waals surface area contributed by atoms with Crippen LogP contribution in [0, 0.1) is 0 Å². The molecule has 0 radical (unpaired) electrons. The van der Waals surface area contributed by atoms with E-state index in [1.54, 1.807) is 0 Å². The van der Waals surface area contributed by atoms with Crippen LogP contribution in [0.4, 0.5) is 0 Å². The number of rotatable bonds is 8. The third-order valence-corrected chi connectivity index (χ3v) is 4.94. The first-order chi connectivity index (χ1) is 9.44. The molecule has 0 aliphatic heterocycles. The number of hydrogen-bond donors (Lipinski definition) is 2. The second kappa shape index (κ2) is 7.95. The van der Waals surface area contributed by atoms with E-state index in [1.807, 2.05) is 13.8 Å². The van der Waals surface area contributed by atoms with Gasteiger partial charge in [-0.05, 0) is 36.9 Å². The van der Waals surface area contributed by atoms with Gasteiger partial charge in [0.05, 0.1) is 11.5 Å². The lowest BCUT2D eigenvalue weighted by molar-refractivity contribution is 0.281. The van der Waals surface area contributed by atoms with Crippen molar-refractivity contribution in [2.45, 2.75) is 25.3 Å². The molecule has 2 N–H and O–H groups in total. The summed E-state index contributed by atoms with van der Waals surface area (Å²) in [5.41, 5.74) is 0.401. The lowest BCUT2D eigenvalue weighted by atomic mass is 10.2. The van der Waals surface area contributed by atoms with Gasteiger partial charge < -0.3 is 10.0 Å². The maximum absolute atomic E-state index is 12.1. The average molecular weight is 321 g/mol. The summed E-state index contributed by atoms with van der Waals surface area (Å²) in [5.74, 6) is 0. The van der Waals surface area contributed by atoms with Crippen molar-refractivity contribution >= 4 is 21.6 Å². The second-order valence-electron chi connectivity index (χ2n) is 4.34. The molecule has 0 atom stereocenters. The van der Waals surface area contributed by atoms with E-state index in [4.69, 9.17) is 16.7 Å². The Morgan fingerprint density at radius 3 is 2.50 bits per heavy atom. The largest absolute Gasteiger partial charge is 0.392 e. The maximum atomic E-state index is 12.1. The number of hydrogen-bond acceptors (Lipinski definition) is 4. The molecule has 1 aromatic carbocycles. The molecule has 0 heterocycles. The van der Waals surface area contributed by atoms with Gasteiger partial charge in [-0.2, -0.15) is 0 Å². The second-order valence-corrected chi connectivity index (χ2v) is 6.51. The molecule has 1 aromatic rings. The fraction of sp³-hybridized carbons (Fsp3) is 0.538. The summed E-state index contributed by atoms with van der Waals surface area (Å²) in [6.45, 7) is 6.55. The van der Waals surface area contributed by atoms with E-state index in [1.165, 1.54) is 18.2 Å². The Morgan fingerprint density at radius 1 is 1.30 bits per heavy atom. The normalized spacial score (nSPS) is 12.1. The number of benzene rings is 1. The molecule has 7 heteroatoms. The molecule has 0 fully saturated rings. The zero-order valence-electron chi connectivity index (χ0n) is 11.8. The van der Waals surface area contributed by atoms with Gasteiger partial charge in [0.25, 0.3) is 0 Å². The van der Waals surface area contributed by atoms with Crippen LogP contribution in [0.5, 0.6) is 0 Å². The Bertz CT molecular complexity index is 530. The molecular weight excluding hydrogens is 300 g/mol. The van der Waals surface area contributed by atoms with Crippen molar-refractivity contribution in [3.63, 3.8) is 0 Å². The molecule has 0 saturated carbocycles. The minimum atomic E-state index is -3.57. The molecule has 114 valence electrons. The molecule has 0 spiro atoms. The Labute approximate surface area is 125 Å². The summed E-state index contributed by atoms with van der Waals surface area (Å²) >= 11 is 5.85. The van der Waals surface area contributed by atoms with E-state index in [-0.39, 0.29) is 11.5 Å². The first-order valence-corrected chi connectivity index (χ1v) is 8.42. The van der Waals surface area contributed by atoms with Crippen LogP contribution in [0.3, 0.4) is 0 Å². The van der Waals surface area contributed by atoms with Crippen LogP contribution in [0.15, 0.2) is 23.1 Å². The summed E-state index contributed by atoms with van der Waals surface area (Å²) in [6, 6.07) is 4.30. The van der Waals surface area contributed by atoms with Crippen molar-refractivity contribution in [2.75, 3.05) is 26.2 Å². The minimum Gasteiger partial charge on any atom is -0.392 e. The summed E-state index contributed by atoms with van der Waals surface area (Å²) in [7, 11) is -3.57. The lowest BCUT2D eigenvalue weighted by Crippen LogP contribution is -2.34. The Balaban J connectivity index is 2.74. The molecule has 1 rings (SSSR count).